The summed E-state index contributed by atoms with van der Waals surface area (Å²) >= 11 is 2.72. The van der Waals surface area contributed by atoms with Gasteiger partial charge < -0.3 is 19.3 Å². The zero-order valence-corrected chi connectivity index (χ0v) is 29.4. The molecule has 4 aromatic carbocycles. The first-order valence-electron chi connectivity index (χ1n) is 16.3. The number of carbonyl (C=O) groups excluding carboxylic acids is 2. The van der Waals surface area contributed by atoms with Gasteiger partial charge in [0.1, 0.15) is 24.2 Å². The molecule has 2 aliphatic rings. The number of hydrogen-bond donors (Lipinski definition) is 1. The van der Waals surface area contributed by atoms with Crippen LogP contribution in [0, 0.1) is 6.92 Å². The van der Waals surface area contributed by atoms with Gasteiger partial charge >= 0.3 is 5.91 Å². The van der Waals surface area contributed by atoms with E-state index >= 15 is 0 Å². The molecular formula is C39H35N3O6S2. The molecule has 9 nitrogen and oxygen atoms in total. The summed E-state index contributed by atoms with van der Waals surface area (Å²) in [5.41, 5.74) is 5.14. The lowest BCUT2D eigenvalue weighted by Crippen LogP contribution is -2.29. The lowest BCUT2D eigenvalue weighted by molar-refractivity contribution is -0.132. The normalized spacial score (nSPS) is 17.9. The monoisotopic (exact) mass is 705 g/mol. The molecular weight excluding hydrogens is 671 g/mol. The van der Waals surface area contributed by atoms with E-state index < -0.39 is 17.7 Å². The fourth-order valence-corrected chi connectivity index (χ4v) is 7.90. The van der Waals surface area contributed by atoms with Crippen LogP contribution in [0.3, 0.4) is 0 Å². The Kier molecular flexibility index (Phi) is 9.60. The average Bonchev–Trinajstić information content (AvgIpc) is 3.82. The molecule has 7 rings (SSSR count). The minimum atomic E-state index is -1.01. The van der Waals surface area contributed by atoms with Crippen molar-refractivity contribution in [3.63, 3.8) is 0 Å². The molecule has 50 heavy (non-hydrogen) atoms. The molecule has 5 aromatic rings. The summed E-state index contributed by atoms with van der Waals surface area (Å²) in [5.74, 6) is 0.464. The van der Waals surface area contributed by atoms with Crippen molar-refractivity contribution in [3.8, 4) is 17.2 Å². The van der Waals surface area contributed by atoms with Crippen LogP contribution in [-0.4, -0.2) is 39.7 Å². The van der Waals surface area contributed by atoms with Crippen LogP contribution in [0.25, 0.3) is 5.76 Å². The number of aryl methyl sites for hydroxylation is 1. The Hall–Kier alpha value is -5.13. The zero-order chi connectivity index (χ0) is 34.8. The van der Waals surface area contributed by atoms with Crippen molar-refractivity contribution in [2.24, 2.45) is 0 Å². The molecule has 3 heterocycles. The highest BCUT2D eigenvalue weighted by Gasteiger charge is 2.48. The van der Waals surface area contributed by atoms with Crippen molar-refractivity contribution < 1.29 is 28.9 Å². The number of ether oxygens (including phenoxy) is 3. The van der Waals surface area contributed by atoms with Crippen LogP contribution in [0.2, 0.25) is 0 Å². The van der Waals surface area contributed by atoms with Gasteiger partial charge in [0.05, 0.1) is 18.2 Å². The quantitative estimate of drug-likeness (QED) is 0.0480. The van der Waals surface area contributed by atoms with Crippen LogP contribution in [0.1, 0.15) is 53.3 Å². The summed E-state index contributed by atoms with van der Waals surface area (Å²) < 4.78 is 18.7. The number of nitrogens with zero attached hydrogens (tertiary/aromatic N) is 3. The van der Waals surface area contributed by atoms with Crippen LogP contribution < -0.4 is 19.1 Å². The highest BCUT2D eigenvalue weighted by molar-refractivity contribution is 8.00. The standard InChI is InChI=1S/C39H35N3O6S2/c1-4-46-32-20-27(14-17-31(32)47-21-25-8-6-5-7-9-25)34-33(35(43)28-15-16-30-29(19-28)18-24(3)48-30)36(44)37(45)42(34)38-40-41-39(50-38)49-22-26-12-10-23(2)11-13-26/h5-17,19-20,24,34,43H,4,18,21-22H2,1-3H3/b35-33+. The number of aromatic nitrogens is 2. The first-order chi connectivity index (χ1) is 24.3. The van der Waals surface area contributed by atoms with Gasteiger partial charge in [-0.25, -0.2) is 0 Å². The number of amides is 1. The van der Waals surface area contributed by atoms with E-state index in [9.17, 15) is 14.7 Å². The number of carbonyl (C=O) groups is 2. The number of anilines is 1. The Morgan fingerprint density at radius 2 is 1.76 bits per heavy atom. The fourth-order valence-electron chi connectivity index (χ4n) is 6.08. The van der Waals surface area contributed by atoms with E-state index in [1.54, 1.807) is 30.3 Å². The van der Waals surface area contributed by atoms with Gasteiger partial charge in [-0.1, -0.05) is 89.3 Å². The molecule has 254 valence electrons. The summed E-state index contributed by atoms with van der Waals surface area (Å²) in [7, 11) is 0. The minimum absolute atomic E-state index is 0.00284. The SMILES string of the molecule is CCOc1cc(C2/C(=C(\O)c3ccc4c(c3)CC(C)O4)C(=O)C(=O)N2c2nnc(SCc3ccc(C)cc3)s2)ccc1OCc1ccccc1. The third-order valence-corrected chi connectivity index (χ3v) is 10.6. The molecule has 0 radical (unpaired) electrons. The second-order valence-corrected chi connectivity index (χ2v) is 14.3. The van der Waals surface area contributed by atoms with Gasteiger partial charge in [0.15, 0.2) is 15.8 Å². The van der Waals surface area contributed by atoms with Gasteiger partial charge in [-0.05, 0) is 73.4 Å². The van der Waals surface area contributed by atoms with Crippen molar-refractivity contribution >= 4 is 45.7 Å². The maximum Gasteiger partial charge on any atom is 0.301 e. The third-order valence-electron chi connectivity index (χ3n) is 8.52. The molecule has 0 aliphatic carbocycles. The van der Waals surface area contributed by atoms with Crippen LogP contribution in [-0.2, 0) is 28.4 Å². The van der Waals surface area contributed by atoms with Crippen molar-refractivity contribution in [1.82, 2.24) is 10.2 Å². The number of rotatable bonds is 11. The third kappa shape index (κ3) is 6.83. The van der Waals surface area contributed by atoms with Crippen LogP contribution in [0.15, 0.2) is 101 Å². The molecule has 0 spiro atoms. The van der Waals surface area contributed by atoms with Gasteiger partial charge in [-0.3, -0.25) is 14.5 Å². The molecule has 1 saturated heterocycles. The number of aliphatic hydroxyl groups is 1. The first-order valence-corrected chi connectivity index (χ1v) is 18.2. The molecule has 11 heteroatoms. The Morgan fingerprint density at radius 3 is 2.54 bits per heavy atom. The van der Waals surface area contributed by atoms with Crippen LogP contribution in [0.5, 0.6) is 17.2 Å². The molecule has 1 aromatic heterocycles. The minimum Gasteiger partial charge on any atom is -0.507 e. The van der Waals surface area contributed by atoms with Crippen LogP contribution in [0.4, 0.5) is 5.13 Å². The number of hydrogen-bond acceptors (Lipinski definition) is 10. The van der Waals surface area contributed by atoms with Gasteiger partial charge in [-0.2, -0.15) is 0 Å². The summed E-state index contributed by atoms with van der Waals surface area (Å²) in [4.78, 5) is 29.2. The summed E-state index contributed by atoms with van der Waals surface area (Å²) in [6.07, 6.45) is 0.674. The predicted octanol–water partition coefficient (Wildman–Crippen LogP) is 8.07. The van der Waals surface area contributed by atoms with E-state index in [2.05, 4.69) is 34.5 Å². The fraction of sp³-hybridized carbons (Fsp3) is 0.231. The molecule has 1 amide bonds. The van der Waals surface area contributed by atoms with Crippen molar-refractivity contribution in [2.45, 2.75) is 56.0 Å². The molecule has 0 bridgehead atoms. The molecule has 1 fully saturated rings. The largest absolute Gasteiger partial charge is 0.507 e. The van der Waals surface area contributed by atoms with Gasteiger partial charge in [0.2, 0.25) is 5.13 Å². The predicted molar refractivity (Wildman–Crippen MR) is 194 cm³/mol. The van der Waals surface area contributed by atoms with E-state index in [0.29, 0.717) is 52.4 Å². The number of fused-ring (bicyclic) bond motifs is 1. The van der Waals surface area contributed by atoms with Gasteiger partial charge in [-0.15, -0.1) is 10.2 Å². The topological polar surface area (TPSA) is 111 Å². The van der Waals surface area contributed by atoms with Crippen molar-refractivity contribution in [1.29, 1.82) is 0 Å². The van der Waals surface area contributed by atoms with Crippen molar-refractivity contribution in [3.05, 3.63) is 130 Å². The smallest absolute Gasteiger partial charge is 0.301 e. The number of ketones is 1. The van der Waals surface area contributed by atoms with E-state index in [-0.39, 0.29) is 22.6 Å². The Balaban J connectivity index is 1.27. The molecule has 1 N–H and O–H groups in total. The van der Waals surface area contributed by atoms with Crippen molar-refractivity contribution in [2.75, 3.05) is 11.5 Å². The average molecular weight is 706 g/mol. The second-order valence-electron chi connectivity index (χ2n) is 12.2. The second kappa shape index (κ2) is 14.4. The summed E-state index contributed by atoms with van der Waals surface area (Å²) in [6.45, 7) is 6.58. The summed E-state index contributed by atoms with van der Waals surface area (Å²) in [5, 5.41) is 20.8. The van der Waals surface area contributed by atoms with Crippen LogP contribution >= 0.6 is 23.1 Å². The maximum atomic E-state index is 13.9. The van der Waals surface area contributed by atoms with E-state index in [0.717, 1.165) is 22.4 Å². The highest BCUT2D eigenvalue weighted by atomic mass is 32.2. The van der Waals surface area contributed by atoms with Gasteiger partial charge in [0.25, 0.3) is 5.78 Å². The highest BCUT2D eigenvalue weighted by Crippen LogP contribution is 2.46. The van der Waals surface area contributed by atoms with E-state index in [4.69, 9.17) is 14.2 Å². The zero-order valence-electron chi connectivity index (χ0n) is 27.8. The Labute approximate surface area is 298 Å². The Morgan fingerprint density at radius 1 is 0.960 bits per heavy atom. The molecule has 0 saturated carbocycles. The van der Waals surface area contributed by atoms with Gasteiger partial charge in [0, 0.05) is 17.7 Å². The molecule has 2 atom stereocenters. The molecule has 2 unspecified atom stereocenters. The first kappa shape index (κ1) is 33.4. The van der Waals surface area contributed by atoms with E-state index in [1.807, 2.05) is 57.2 Å². The number of benzene rings is 4. The summed E-state index contributed by atoms with van der Waals surface area (Å²) in [6, 6.07) is 27.6. The number of aliphatic hydroxyl groups excluding tert-OH is 1. The molecule has 2 aliphatic heterocycles. The van der Waals surface area contributed by atoms with E-state index in [1.165, 1.54) is 33.6 Å². The lowest BCUT2D eigenvalue weighted by atomic mass is 9.94. The number of thioether (sulfide) groups is 1. The lowest BCUT2D eigenvalue weighted by Gasteiger charge is -2.24. The maximum absolute atomic E-state index is 13.9. The number of Topliss-reactive ketones (excluding diaryl/α,β-unsaturated/α-hetero) is 1. The Bertz CT molecular complexity index is 2080.